The van der Waals surface area contributed by atoms with E-state index in [0.717, 1.165) is 15.4 Å². The molecule has 0 bridgehead atoms. The second-order valence-corrected chi connectivity index (χ2v) is 5.29. The van der Waals surface area contributed by atoms with Gasteiger partial charge in [-0.15, -0.1) is 0 Å². The van der Waals surface area contributed by atoms with Crippen LogP contribution in [-0.4, -0.2) is 28.1 Å². The van der Waals surface area contributed by atoms with Crippen LogP contribution in [0.4, 0.5) is 5.82 Å². The van der Waals surface area contributed by atoms with Crippen molar-refractivity contribution in [3.05, 3.63) is 41.3 Å². The van der Waals surface area contributed by atoms with Crippen molar-refractivity contribution in [1.29, 1.82) is 0 Å². The number of benzene rings is 1. The number of carbonyl (C=O) groups is 1. The molecule has 0 saturated heterocycles. The highest BCUT2D eigenvalue weighted by Gasteiger charge is 2.16. The molecule has 5 nitrogen and oxygen atoms in total. The quantitative estimate of drug-likeness (QED) is 0.901. The first-order valence-electron chi connectivity index (χ1n) is 6.06. The molecular formula is C14H15N3O2S. The Hall–Kier alpha value is -2.08. The van der Waals surface area contributed by atoms with E-state index in [2.05, 4.69) is 15.3 Å². The zero-order chi connectivity index (χ0) is 14.7. The Labute approximate surface area is 121 Å². The molecular weight excluding hydrogens is 274 g/mol. The fourth-order valence-electron chi connectivity index (χ4n) is 1.73. The van der Waals surface area contributed by atoms with Gasteiger partial charge in [-0.25, -0.2) is 14.8 Å². The molecule has 1 aromatic carbocycles. The number of hydrogen-bond acceptors (Lipinski definition) is 5. The summed E-state index contributed by atoms with van der Waals surface area (Å²) in [5.41, 5.74) is 1.80. The van der Waals surface area contributed by atoms with Crippen molar-refractivity contribution in [2.45, 2.75) is 23.6 Å². The van der Waals surface area contributed by atoms with Gasteiger partial charge in [-0.2, -0.15) is 0 Å². The average molecular weight is 289 g/mol. The number of carboxylic acids is 1. The molecule has 0 radical (unpaired) electrons. The van der Waals surface area contributed by atoms with Gasteiger partial charge in [0, 0.05) is 11.9 Å². The van der Waals surface area contributed by atoms with E-state index in [9.17, 15) is 4.79 Å². The molecule has 1 heterocycles. The van der Waals surface area contributed by atoms with Gasteiger partial charge in [-0.1, -0.05) is 30.0 Å². The highest BCUT2D eigenvalue weighted by atomic mass is 32.2. The van der Waals surface area contributed by atoms with E-state index < -0.39 is 5.97 Å². The molecule has 0 spiro atoms. The second kappa shape index (κ2) is 5.92. The maximum Gasteiger partial charge on any atom is 0.374 e. The van der Waals surface area contributed by atoms with E-state index in [1.165, 1.54) is 11.8 Å². The smallest absolute Gasteiger partial charge is 0.374 e. The summed E-state index contributed by atoms with van der Waals surface area (Å²) >= 11 is 1.53. The van der Waals surface area contributed by atoms with Crippen LogP contribution in [0.25, 0.3) is 0 Å². The average Bonchev–Trinajstić information content (AvgIpc) is 2.42. The lowest BCUT2D eigenvalue weighted by atomic mass is 10.2. The maximum absolute atomic E-state index is 11.0. The number of carboxylic acid groups (broad SMARTS) is 1. The molecule has 0 fully saturated rings. The summed E-state index contributed by atoms with van der Waals surface area (Å²) in [6.45, 7) is 3.82. The predicted molar refractivity (Wildman–Crippen MR) is 78.6 cm³/mol. The van der Waals surface area contributed by atoms with Gasteiger partial charge in [-0.3, -0.25) is 0 Å². The zero-order valence-electron chi connectivity index (χ0n) is 11.5. The molecule has 0 atom stereocenters. The normalized spacial score (nSPS) is 10.3. The number of rotatable bonds is 4. The monoisotopic (exact) mass is 289 g/mol. The number of anilines is 1. The number of nitrogens with one attached hydrogen (secondary N) is 1. The fourth-order valence-corrected chi connectivity index (χ4v) is 2.76. The zero-order valence-corrected chi connectivity index (χ0v) is 12.3. The van der Waals surface area contributed by atoms with Crippen LogP contribution in [0.1, 0.15) is 21.9 Å². The molecule has 104 valence electrons. The van der Waals surface area contributed by atoms with Gasteiger partial charge in [-0.05, 0) is 25.5 Å². The molecule has 0 amide bonds. The Bertz CT molecular complexity index is 659. The molecule has 0 aliphatic rings. The Morgan fingerprint density at radius 2 is 1.95 bits per heavy atom. The van der Waals surface area contributed by atoms with Gasteiger partial charge in [0.1, 0.15) is 5.82 Å². The van der Waals surface area contributed by atoms with Gasteiger partial charge in [0.05, 0.1) is 10.6 Å². The Morgan fingerprint density at radius 3 is 2.55 bits per heavy atom. The largest absolute Gasteiger partial charge is 0.475 e. The molecule has 2 N–H and O–H groups in total. The Morgan fingerprint density at radius 1 is 1.25 bits per heavy atom. The lowest BCUT2D eigenvalue weighted by Gasteiger charge is -2.12. The van der Waals surface area contributed by atoms with E-state index >= 15 is 0 Å². The van der Waals surface area contributed by atoms with Crippen LogP contribution in [0.15, 0.2) is 34.1 Å². The number of aromatic nitrogens is 2. The highest BCUT2D eigenvalue weighted by molar-refractivity contribution is 7.99. The first kappa shape index (κ1) is 14.3. The van der Waals surface area contributed by atoms with Crippen molar-refractivity contribution in [2.24, 2.45) is 0 Å². The Kier molecular flexibility index (Phi) is 4.24. The third kappa shape index (κ3) is 2.91. The van der Waals surface area contributed by atoms with Crippen LogP contribution in [0.5, 0.6) is 0 Å². The third-order valence-electron chi connectivity index (χ3n) is 2.77. The highest BCUT2D eigenvalue weighted by Crippen LogP contribution is 2.35. The number of hydrogen-bond donors (Lipinski definition) is 2. The second-order valence-electron chi connectivity index (χ2n) is 4.23. The lowest BCUT2D eigenvalue weighted by molar-refractivity contribution is 0.0683. The molecule has 2 aromatic rings. The van der Waals surface area contributed by atoms with Crippen LogP contribution in [0.3, 0.4) is 0 Å². The molecule has 20 heavy (non-hydrogen) atoms. The van der Waals surface area contributed by atoms with Crippen LogP contribution < -0.4 is 5.32 Å². The summed E-state index contributed by atoms with van der Waals surface area (Å²) in [7, 11) is 1.72. The molecule has 0 aliphatic heterocycles. The Balaban J connectivity index is 2.46. The van der Waals surface area contributed by atoms with Crippen molar-refractivity contribution < 1.29 is 9.90 Å². The van der Waals surface area contributed by atoms with Crippen molar-refractivity contribution in [3.63, 3.8) is 0 Å². The van der Waals surface area contributed by atoms with E-state index in [1.54, 1.807) is 14.0 Å². The SMILES string of the molecule is CNc1nc(C(=O)O)nc(C)c1Sc1ccccc1C. The van der Waals surface area contributed by atoms with Crippen LogP contribution >= 0.6 is 11.8 Å². The van der Waals surface area contributed by atoms with E-state index in [0.29, 0.717) is 11.5 Å². The summed E-state index contributed by atoms with van der Waals surface area (Å²) in [6.07, 6.45) is 0. The fraction of sp³-hybridized carbons (Fsp3) is 0.214. The van der Waals surface area contributed by atoms with Gasteiger partial charge < -0.3 is 10.4 Å². The summed E-state index contributed by atoms with van der Waals surface area (Å²) in [4.78, 5) is 21.0. The summed E-state index contributed by atoms with van der Waals surface area (Å²) in [6, 6.07) is 8.00. The minimum absolute atomic E-state index is 0.194. The number of aromatic carboxylic acids is 1. The molecule has 0 unspecified atom stereocenters. The maximum atomic E-state index is 11.0. The molecule has 2 rings (SSSR count). The van der Waals surface area contributed by atoms with Gasteiger partial charge >= 0.3 is 5.97 Å². The topological polar surface area (TPSA) is 75.1 Å². The summed E-state index contributed by atoms with van der Waals surface area (Å²) < 4.78 is 0. The van der Waals surface area contributed by atoms with E-state index in [4.69, 9.17) is 5.11 Å². The molecule has 0 aliphatic carbocycles. The van der Waals surface area contributed by atoms with Gasteiger partial charge in [0.25, 0.3) is 0 Å². The van der Waals surface area contributed by atoms with Crippen LogP contribution in [-0.2, 0) is 0 Å². The van der Waals surface area contributed by atoms with Gasteiger partial charge in [0.2, 0.25) is 5.82 Å². The van der Waals surface area contributed by atoms with E-state index in [1.807, 2.05) is 31.2 Å². The number of aryl methyl sites for hydroxylation is 2. The standard InChI is InChI=1S/C14H15N3O2S/c1-8-6-4-5-7-10(8)20-11-9(2)16-13(14(18)19)17-12(11)15-3/h4-7H,1-3H3,(H,18,19)(H,15,16,17). The van der Waals surface area contributed by atoms with Crippen LogP contribution in [0.2, 0.25) is 0 Å². The van der Waals surface area contributed by atoms with E-state index in [-0.39, 0.29) is 5.82 Å². The minimum Gasteiger partial charge on any atom is -0.475 e. The predicted octanol–water partition coefficient (Wildman–Crippen LogP) is 2.98. The molecule has 1 aromatic heterocycles. The number of nitrogens with zero attached hydrogens (tertiary/aromatic N) is 2. The summed E-state index contributed by atoms with van der Waals surface area (Å²) in [5.74, 6) is -0.791. The summed E-state index contributed by atoms with van der Waals surface area (Å²) in [5, 5.41) is 11.9. The first-order valence-corrected chi connectivity index (χ1v) is 6.87. The van der Waals surface area contributed by atoms with Crippen molar-refractivity contribution in [2.75, 3.05) is 12.4 Å². The van der Waals surface area contributed by atoms with Gasteiger partial charge in [0.15, 0.2) is 0 Å². The minimum atomic E-state index is -1.13. The first-order chi connectivity index (χ1) is 9.52. The third-order valence-corrected chi connectivity index (χ3v) is 4.14. The van der Waals surface area contributed by atoms with Crippen molar-refractivity contribution in [3.8, 4) is 0 Å². The lowest BCUT2D eigenvalue weighted by Crippen LogP contribution is -2.09. The molecule has 0 saturated carbocycles. The molecule has 6 heteroatoms. The van der Waals surface area contributed by atoms with Crippen molar-refractivity contribution >= 4 is 23.5 Å². The van der Waals surface area contributed by atoms with Crippen molar-refractivity contribution in [1.82, 2.24) is 9.97 Å². The van der Waals surface area contributed by atoms with Crippen LogP contribution in [0, 0.1) is 13.8 Å².